The number of aliphatic hydroxyl groups is 1. The topological polar surface area (TPSA) is 43.8 Å². The van der Waals surface area contributed by atoms with Crippen LogP contribution in [0.15, 0.2) is 0 Å². The maximum Gasteiger partial charge on any atom is 0.223 e. The third-order valence-electron chi connectivity index (χ3n) is 3.91. The second-order valence-electron chi connectivity index (χ2n) is 5.26. The van der Waals surface area contributed by atoms with Crippen molar-refractivity contribution >= 4 is 5.91 Å². The van der Waals surface area contributed by atoms with E-state index in [0.717, 1.165) is 45.6 Å². The van der Waals surface area contributed by atoms with Gasteiger partial charge in [0.15, 0.2) is 0 Å². The van der Waals surface area contributed by atoms with Gasteiger partial charge in [-0.2, -0.15) is 0 Å². The van der Waals surface area contributed by atoms with Crippen LogP contribution in [0.5, 0.6) is 0 Å². The average molecular weight is 240 g/mol. The van der Waals surface area contributed by atoms with E-state index in [2.05, 4.69) is 4.90 Å². The third kappa shape index (κ3) is 3.96. The molecule has 0 aromatic carbocycles. The summed E-state index contributed by atoms with van der Waals surface area (Å²) in [6.45, 7) is 4.65. The van der Waals surface area contributed by atoms with Gasteiger partial charge in [-0.3, -0.25) is 4.79 Å². The highest BCUT2D eigenvalue weighted by molar-refractivity contribution is 5.76. The Balaban J connectivity index is 1.65. The number of hydrogen-bond donors (Lipinski definition) is 1. The van der Waals surface area contributed by atoms with Crippen LogP contribution in [0.4, 0.5) is 0 Å². The number of amides is 1. The quantitative estimate of drug-likeness (QED) is 0.795. The molecular weight excluding hydrogens is 216 g/mol. The molecule has 2 aliphatic rings. The van der Waals surface area contributed by atoms with Gasteiger partial charge in [-0.05, 0) is 32.1 Å². The Hall–Kier alpha value is -0.610. The molecule has 1 N–H and O–H groups in total. The minimum absolute atomic E-state index is 0.121. The van der Waals surface area contributed by atoms with Crippen LogP contribution in [-0.2, 0) is 4.79 Å². The predicted molar refractivity (Wildman–Crippen MR) is 66.7 cm³/mol. The van der Waals surface area contributed by atoms with Crippen LogP contribution in [0, 0.1) is 0 Å². The molecule has 0 saturated carbocycles. The van der Waals surface area contributed by atoms with Crippen molar-refractivity contribution < 1.29 is 9.90 Å². The van der Waals surface area contributed by atoms with Gasteiger partial charge < -0.3 is 14.9 Å². The van der Waals surface area contributed by atoms with Crippen molar-refractivity contribution in [2.24, 2.45) is 0 Å². The summed E-state index contributed by atoms with van der Waals surface area (Å²) in [5.41, 5.74) is 0. The Bertz CT molecular complexity index is 244. The molecular formula is C13H24N2O2. The SMILES string of the molecule is O=C(CCN1CCC(O)CC1)N1CCCCC1. The van der Waals surface area contributed by atoms with E-state index >= 15 is 0 Å². The lowest BCUT2D eigenvalue weighted by atomic mass is 10.1. The second-order valence-corrected chi connectivity index (χ2v) is 5.26. The number of piperidine rings is 2. The van der Waals surface area contributed by atoms with Crippen LogP contribution >= 0.6 is 0 Å². The van der Waals surface area contributed by atoms with Crippen molar-refractivity contribution in [3.8, 4) is 0 Å². The van der Waals surface area contributed by atoms with Crippen molar-refractivity contribution in [1.82, 2.24) is 9.80 Å². The monoisotopic (exact) mass is 240 g/mol. The van der Waals surface area contributed by atoms with E-state index in [-0.39, 0.29) is 6.10 Å². The third-order valence-corrected chi connectivity index (χ3v) is 3.91. The van der Waals surface area contributed by atoms with Crippen molar-refractivity contribution in [3.63, 3.8) is 0 Å². The minimum atomic E-state index is -0.121. The number of carbonyl (C=O) groups excluding carboxylic acids is 1. The van der Waals surface area contributed by atoms with Gasteiger partial charge in [-0.25, -0.2) is 0 Å². The molecule has 0 unspecified atom stereocenters. The fourth-order valence-corrected chi connectivity index (χ4v) is 2.70. The van der Waals surface area contributed by atoms with Crippen LogP contribution < -0.4 is 0 Å². The molecule has 0 bridgehead atoms. The van der Waals surface area contributed by atoms with E-state index in [1.165, 1.54) is 19.3 Å². The maximum atomic E-state index is 12.0. The van der Waals surface area contributed by atoms with E-state index in [9.17, 15) is 9.90 Å². The summed E-state index contributed by atoms with van der Waals surface area (Å²) in [5.74, 6) is 0.316. The summed E-state index contributed by atoms with van der Waals surface area (Å²) < 4.78 is 0. The van der Waals surface area contributed by atoms with Crippen molar-refractivity contribution in [1.29, 1.82) is 0 Å². The van der Waals surface area contributed by atoms with Gasteiger partial charge in [0.1, 0.15) is 0 Å². The highest BCUT2D eigenvalue weighted by Gasteiger charge is 2.20. The molecule has 2 aliphatic heterocycles. The molecule has 2 heterocycles. The van der Waals surface area contributed by atoms with E-state index in [4.69, 9.17) is 0 Å². The molecule has 0 aromatic rings. The molecule has 0 radical (unpaired) electrons. The van der Waals surface area contributed by atoms with Crippen LogP contribution in [0.3, 0.4) is 0 Å². The van der Waals surface area contributed by atoms with Crippen LogP contribution in [-0.4, -0.2) is 59.6 Å². The Morgan fingerprint density at radius 2 is 1.71 bits per heavy atom. The Morgan fingerprint density at radius 1 is 1.06 bits per heavy atom. The summed E-state index contributed by atoms with van der Waals surface area (Å²) in [6.07, 6.45) is 5.85. The van der Waals surface area contributed by atoms with Crippen molar-refractivity contribution in [3.05, 3.63) is 0 Å². The van der Waals surface area contributed by atoms with Gasteiger partial charge in [0.2, 0.25) is 5.91 Å². The zero-order valence-electron chi connectivity index (χ0n) is 10.6. The highest BCUT2D eigenvalue weighted by atomic mass is 16.3. The lowest BCUT2D eigenvalue weighted by molar-refractivity contribution is -0.132. The van der Waals surface area contributed by atoms with E-state index in [0.29, 0.717) is 12.3 Å². The summed E-state index contributed by atoms with van der Waals surface area (Å²) in [5, 5.41) is 9.41. The first-order valence-electron chi connectivity index (χ1n) is 6.94. The fourth-order valence-electron chi connectivity index (χ4n) is 2.70. The molecule has 2 fully saturated rings. The smallest absolute Gasteiger partial charge is 0.223 e. The maximum absolute atomic E-state index is 12.0. The molecule has 2 saturated heterocycles. The normalized spacial score (nSPS) is 23.9. The van der Waals surface area contributed by atoms with Gasteiger partial charge in [-0.15, -0.1) is 0 Å². The lowest BCUT2D eigenvalue weighted by Crippen LogP contribution is -2.40. The molecule has 2 rings (SSSR count). The summed E-state index contributed by atoms with van der Waals surface area (Å²) in [7, 11) is 0. The number of carbonyl (C=O) groups is 1. The molecule has 4 nitrogen and oxygen atoms in total. The van der Waals surface area contributed by atoms with Gasteiger partial charge in [0.25, 0.3) is 0 Å². The molecule has 0 aromatic heterocycles. The standard InChI is InChI=1S/C13H24N2O2/c16-12-4-9-14(10-5-12)11-6-13(17)15-7-2-1-3-8-15/h12,16H,1-11H2. The van der Waals surface area contributed by atoms with Crippen molar-refractivity contribution in [2.75, 3.05) is 32.7 Å². The summed E-state index contributed by atoms with van der Waals surface area (Å²) >= 11 is 0. The number of hydrogen-bond acceptors (Lipinski definition) is 3. The van der Waals surface area contributed by atoms with E-state index < -0.39 is 0 Å². The predicted octanol–water partition coefficient (Wildman–Crippen LogP) is 0.846. The molecule has 98 valence electrons. The molecule has 17 heavy (non-hydrogen) atoms. The lowest BCUT2D eigenvalue weighted by Gasteiger charge is -2.31. The zero-order chi connectivity index (χ0) is 12.1. The largest absolute Gasteiger partial charge is 0.393 e. The van der Waals surface area contributed by atoms with Crippen LogP contribution in [0.25, 0.3) is 0 Å². The van der Waals surface area contributed by atoms with Gasteiger partial charge in [0, 0.05) is 39.1 Å². The number of aliphatic hydroxyl groups excluding tert-OH is 1. The first kappa shape index (κ1) is 12.8. The van der Waals surface area contributed by atoms with Crippen LogP contribution in [0.1, 0.15) is 38.5 Å². The van der Waals surface area contributed by atoms with Crippen molar-refractivity contribution in [2.45, 2.75) is 44.6 Å². The fraction of sp³-hybridized carbons (Fsp3) is 0.923. The number of rotatable bonds is 3. The minimum Gasteiger partial charge on any atom is -0.393 e. The van der Waals surface area contributed by atoms with E-state index in [1.807, 2.05) is 4.90 Å². The Kier molecular flexibility index (Phi) is 4.80. The molecule has 0 atom stereocenters. The van der Waals surface area contributed by atoms with Gasteiger partial charge in [-0.1, -0.05) is 0 Å². The zero-order valence-corrected chi connectivity index (χ0v) is 10.6. The Labute approximate surface area is 104 Å². The molecule has 4 heteroatoms. The summed E-state index contributed by atoms with van der Waals surface area (Å²) in [4.78, 5) is 16.3. The summed E-state index contributed by atoms with van der Waals surface area (Å²) in [6, 6.07) is 0. The highest BCUT2D eigenvalue weighted by Crippen LogP contribution is 2.12. The molecule has 1 amide bonds. The Morgan fingerprint density at radius 3 is 2.35 bits per heavy atom. The number of nitrogens with zero attached hydrogens (tertiary/aromatic N) is 2. The first-order valence-corrected chi connectivity index (χ1v) is 6.94. The molecule has 0 spiro atoms. The van der Waals surface area contributed by atoms with Gasteiger partial charge >= 0.3 is 0 Å². The second kappa shape index (κ2) is 6.36. The first-order chi connectivity index (χ1) is 8.25. The van der Waals surface area contributed by atoms with Crippen LogP contribution in [0.2, 0.25) is 0 Å². The van der Waals surface area contributed by atoms with Gasteiger partial charge in [0.05, 0.1) is 6.10 Å². The average Bonchev–Trinajstić information content (AvgIpc) is 2.39. The number of likely N-dealkylation sites (tertiary alicyclic amines) is 2. The van der Waals surface area contributed by atoms with E-state index in [1.54, 1.807) is 0 Å². The molecule has 0 aliphatic carbocycles.